The summed E-state index contributed by atoms with van der Waals surface area (Å²) in [4.78, 5) is 22.5. The first-order chi connectivity index (χ1) is 9.13. The molecule has 0 fully saturated rings. The van der Waals surface area contributed by atoms with Gasteiger partial charge in [0, 0.05) is 11.6 Å². The molecule has 0 aliphatic carbocycles. The molecule has 0 aromatic heterocycles. The highest BCUT2D eigenvalue weighted by Crippen LogP contribution is 2.15. The summed E-state index contributed by atoms with van der Waals surface area (Å²) >= 11 is 5.94. The summed E-state index contributed by atoms with van der Waals surface area (Å²) in [5.74, 6) is -0.555. The molecule has 1 aromatic carbocycles. The first kappa shape index (κ1) is 15.5. The van der Waals surface area contributed by atoms with E-state index in [0.717, 1.165) is 5.56 Å². The maximum absolute atomic E-state index is 11.4. The van der Waals surface area contributed by atoms with Gasteiger partial charge in [-0.2, -0.15) is 0 Å². The molecule has 0 saturated heterocycles. The minimum Gasteiger partial charge on any atom is -0.367 e. The Bertz CT molecular complexity index is 438. The molecule has 0 aliphatic heterocycles. The normalized spacial score (nSPS) is 10.0. The Labute approximate surface area is 117 Å². The third-order valence-corrected chi connectivity index (χ3v) is 2.64. The van der Waals surface area contributed by atoms with Gasteiger partial charge in [-0.05, 0) is 18.6 Å². The van der Waals surface area contributed by atoms with Crippen LogP contribution in [0.1, 0.15) is 12.5 Å². The first-order valence-electron chi connectivity index (χ1n) is 5.98. The summed E-state index contributed by atoms with van der Waals surface area (Å²) in [6.07, 6.45) is 0. The predicted molar refractivity (Wildman–Crippen MR) is 72.8 cm³/mol. The van der Waals surface area contributed by atoms with Crippen molar-refractivity contribution in [3.8, 4) is 0 Å². The fourth-order valence-electron chi connectivity index (χ4n) is 1.36. The van der Waals surface area contributed by atoms with Gasteiger partial charge in [0.1, 0.15) is 6.61 Å². The summed E-state index contributed by atoms with van der Waals surface area (Å²) in [5.41, 5.74) is 0.820. The summed E-state index contributed by atoms with van der Waals surface area (Å²) in [6.45, 7) is 2.46. The Kier molecular flexibility index (Phi) is 6.92. The molecule has 0 aliphatic rings. The predicted octanol–water partition coefficient (Wildman–Crippen LogP) is 1.11. The second kappa shape index (κ2) is 8.50. The molecule has 0 bridgehead atoms. The summed E-state index contributed by atoms with van der Waals surface area (Å²) in [7, 11) is 0. The Balaban J connectivity index is 2.21. The Hall–Kier alpha value is -1.59. The lowest BCUT2D eigenvalue weighted by molar-refractivity contribution is -0.129. The Morgan fingerprint density at radius 3 is 2.63 bits per heavy atom. The van der Waals surface area contributed by atoms with Crippen molar-refractivity contribution in [1.82, 2.24) is 10.6 Å². The number of carbonyl (C=O) groups is 2. The van der Waals surface area contributed by atoms with Crippen LogP contribution >= 0.6 is 11.6 Å². The third-order valence-electron chi connectivity index (χ3n) is 2.27. The van der Waals surface area contributed by atoms with Gasteiger partial charge in [-0.3, -0.25) is 9.59 Å². The first-order valence-corrected chi connectivity index (χ1v) is 6.35. The number of benzene rings is 1. The lowest BCUT2D eigenvalue weighted by Gasteiger charge is -2.07. The van der Waals surface area contributed by atoms with Gasteiger partial charge in [0.25, 0.3) is 0 Å². The molecular weight excluding hydrogens is 268 g/mol. The second-order valence-corrected chi connectivity index (χ2v) is 4.22. The van der Waals surface area contributed by atoms with Crippen LogP contribution in [0.25, 0.3) is 0 Å². The minimum absolute atomic E-state index is 0.0396. The van der Waals surface area contributed by atoms with E-state index in [1.165, 1.54) is 0 Å². The van der Waals surface area contributed by atoms with E-state index in [9.17, 15) is 9.59 Å². The average molecular weight is 285 g/mol. The van der Waals surface area contributed by atoms with Gasteiger partial charge in [0.05, 0.1) is 13.2 Å². The zero-order valence-electron chi connectivity index (χ0n) is 10.7. The molecule has 2 N–H and O–H groups in total. The summed E-state index contributed by atoms with van der Waals surface area (Å²) in [5, 5.41) is 5.64. The van der Waals surface area contributed by atoms with Crippen molar-refractivity contribution in [2.24, 2.45) is 0 Å². The number of halogens is 1. The molecule has 0 atom stereocenters. The van der Waals surface area contributed by atoms with Crippen LogP contribution in [0.2, 0.25) is 5.02 Å². The molecule has 19 heavy (non-hydrogen) atoms. The molecule has 2 amide bonds. The van der Waals surface area contributed by atoms with Crippen molar-refractivity contribution in [3.05, 3.63) is 34.9 Å². The third kappa shape index (κ3) is 6.22. The van der Waals surface area contributed by atoms with Gasteiger partial charge in [-0.1, -0.05) is 29.8 Å². The van der Waals surface area contributed by atoms with Gasteiger partial charge >= 0.3 is 0 Å². The van der Waals surface area contributed by atoms with Crippen LogP contribution in [0.15, 0.2) is 24.3 Å². The van der Waals surface area contributed by atoms with Crippen molar-refractivity contribution in [2.45, 2.75) is 13.5 Å². The average Bonchev–Trinajstić information content (AvgIpc) is 2.39. The number of hydrogen-bond donors (Lipinski definition) is 2. The van der Waals surface area contributed by atoms with Gasteiger partial charge < -0.3 is 15.4 Å². The highest BCUT2D eigenvalue weighted by atomic mass is 35.5. The van der Waals surface area contributed by atoms with Gasteiger partial charge in [-0.25, -0.2) is 0 Å². The highest BCUT2D eigenvalue weighted by molar-refractivity contribution is 6.31. The lowest BCUT2D eigenvalue weighted by atomic mass is 10.2. The maximum atomic E-state index is 11.4. The van der Waals surface area contributed by atoms with Gasteiger partial charge in [0.15, 0.2) is 0 Å². The van der Waals surface area contributed by atoms with E-state index >= 15 is 0 Å². The molecule has 0 heterocycles. The van der Waals surface area contributed by atoms with E-state index in [2.05, 4.69) is 10.6 Å². The van der Waals surface area contributed by atoms with E-state index in [0.29, 0.717) is 11.6 Å². The molecule has 6 heteroatoms. The molecule has 0 unspecified atom stereocenters. The molecular formula is C13H17ClN2O3. The molecule has 0 spiro atoms. The number of carbonyl (C=O) groups excluding carboxylic acids is 2. The smallest absolute Gasteiger partial charge is 0.246 e. The molecule has 0 saturated carbocycles. The van der Waals surface area contributed by atoms with E-state index in [1.807, 2.05) is 25.1 Å². The summed E-state index contributed by atoms with van der Waals surface area (Å²) in [6, 6.07) is 7.26. The molecule has 1 aromatic rings. The zero-order chi connectivity index (χ0) is 14.1. The summed E-state index contributed by atoms with van der Waals surface area (Å²) < 4.78 is 5.23. The van der Waals surface area contributed by atoms with Crippen LogP contribution in [0, 0.1) is 0 Å². The van der Waals surface area contributed by atoms with Crippen LogP contribution in [0.4, 0.5) is 0 Å². The monoisotopic (exact) mass is 284 g/mol. The van der Waals surface area contributed by atoms with Crippen molar-refractivity contribution in [1.29, 1.82) is 0 Å². The van der Waals surface area contributed by atoms with Crippen molar-refractivity contribution >= 4 is 23.4 Å². The second-order valence-electron chi connectivity index (χ2n) is 3.81. The van der Waals surface area contributed by atoms with Crippen LogP contribution in [0.5, 0.6) is 0 Å². The zero-order valence-corrected chi connectivity index (χ0v) is 11.5. The Morgan fingerprint density at radius 1 is 1.21 bits per heavy atom. The van der Waals surface area contributed by atoms with Gasteiger partial charge in [-0.15, -0.1) is 0 Å². The van der Waals surface area contributed by atoms with Crippen molar-refractivity contribution in [3.63, 3.8) is 0 Å². The minimum atomic E-state index is -0.335. The van der Waals surface area contributed by atoms with Crippen LogP contribution in [-0.2, 0) is 20.9 Å². The van der Waals surface area contributed by atoms with E-state index in [-0.39, 0.29) is 31.6 Å². The van der Waals surface area contributed by atoms with Crippen molar-refractivity contribution < 1.29 is 14.3 Å². The standard InChI is InChI=1S/C13H17ClN2O3/c1-2-15-12(17)7-16-13(18)9-19-8-10-5-3-4-6-11(10)14/h3-6H,2,7-9H2,1H3,(H,15,17)(H,16,18). The quantitative estimate of drug-likeness (QED) is 0.788. The fourth-order valence-corrected chi connectivity index (χ4v) is 1.55. The highest BCUT2D eigenvalue weighted by Gasteiger charge is 2.05. The lowest BCUT2D eigenvalue weighted by Crippen LogP contribution is -2.38. The number of ether oxygens (including phenoxy) is 1. The maximum Gasteiger partial charge on any atom is 0.246 e. The molecule has 1 rings (SSSR count). The molecule has 5 nitrogen and oxygen atoms in total. The molecule has 0 radical (unpaired) electrons. The largest absolute Gasteiger partial charge is 0.367 e. The Morgan fingerprint density at radius 2 is 1.95 bits per heavy atom. The number of likely N-dealkylation sites (N-methyl/N-ethyl adjacent to an activating group) is 1. The van der Waals surface area contributed by atoms with E-state index < -0.39 is 0 Å². The van der Waals surface area contributed by atoms with Gasteiger partial charge in [0.2, 0.25) is 11.8 Å². The van der Waals surface area contributed by atoms with E-state index in [1.54, 1.807) is 6.07 Å². The fraction of sp³-hybridized carbons (Fsp3) is 0.385. The number of amides is 2. The van der Waals surface area contributed by atoms with Crippen LogP contribution in [0.3, 0.4) is 0 Å². The van der Waals surface area contributed by atoms with Crippen LogP contribution in [-0.4, -0.2) is 31.5 Å². The van der Waals surface area contributed by atoms with Crippen molar-refractivity contribution in [2.75, 3.05) is 19.7 Å². The van der Waals surface area contributed by atoms with E-state index in [4.69, 9.17) is 16.3 Å². The number of hydrogen-bond acceptors (Lipinski definition) is 3. The molecule has 104 valence electrons. The topological polar surface area (TPSA) is 67.4 Å². The number of rotatable bonds is 7. The SMILES string of the molecule is CCNC(=O)CNC(=O)COCc1ccccc1Cl. The number of nitrogens with one attached hydrogen (secondary N) is 2. The van der Waals surface area contributed by atoms with Crippen LogP contribution < -0.4 is 10.6 Å².